The number of piperidine rings is 1. The summed E-state index contributed by atoms with van der Waals surface area (Å²) >= 11 is 0. The Morgan fingerprint density at radius 2 is 1.94 bits per heavy atom. The van der Waals surface area contributed by atoms with Crippen LogP contribution >= 0.6 is 0 Å². The van der Waals surface area contributed by atoms with Crippen LogP contribution in [0, 0.1) is 17.6 Å². The first-order chi connectivity index (χ1) is 15.1. The summed E-state index contributed by atoms with van der Waals surface area (Å²) < 4.78 is 58.8. The molecule has 0 saturated carbocycles. The number of hydrogen-bond donors (Lipinski definition) is 2. The molecule has 2 aromatic carbocycles. The van der Waals surface area contributed by atoms with Gasteiger partial charge in [-0.2, -0.15) is 0 Å². The van der Waals surface area contributed by atoms with Crippen LogP contribution in [0.5, 0.6) is 0 Å². The lowest BCUT2D eigenvalue weighted by Crippen LogP contribution is -2.40. The number of carbonyl (C=O) groups excluding carboxylic acids is 1. The van der Waals surface area contributed by atoms with E-state index in [1.54, 1.807) is 11.8 Å². The summed E-state index contributed by atoms with van der Waals surface area (Å²) in [5.74, 6) is -4.53. The number of carbonyl (C=O) groups is 2. The van der Waals surface area contributed by atoms with Crippen LogP contribution in [0.25, 0.3) is 0 Å². The number of anilines is 2. The summed E-state index contributed by atoms with van der Waals surface area (Å²) in [6, 6.07) is 6.08. The molecule has 1 fully saturated rings. The molecule has 0 aromatic heterocycles. The summed E-state index contributed by atoms with van der Waals surface area (Å²) in [6.45, 7) is 2.76. The first kappa shape index (κ1) is 23.5. The van der Waals surface area contributed by atoms with Crippen molar-refractivity contribution in [2.75, 3.05) is 29.3 Å². The molecule has 1 heterocycles. The van der Waals surface area contributed by atoms with E-state index in [0.717, 1.165) is 12.1 Å². The molecule has 1 atom stereocenters. The molecule has 2 aromatic rings. The number of carboxylic acid groups (broad SMARTS) is 1. The van der Waals surface area contributed by atoms with Gasteiger partial charge in [-0.3, -0.25) is 9.52 Å². The second-order valence-electron chi connectivity index (χ2n) is 7.26. The third kappa shape index (κ3) is 5.16. The summed E-state index contributed by atoms with van der Waals surface area (Å²) in [4.78, 5) is 25.2. The lowest BCUT2D eigenvalue weighted by molar-refractivity contribution is -0.148. The van der Waals surface area contributed by atoms with Gasteiger partial charge < -0.3 is 14.7 Å². The van der Waals surface area contributed by atoms with Gasteiger partial charge in [-0.15, -0.1) is 0 Å². The number of ether oxygens (including phenoxy) is 1. The molecule has 1 saturated heterocycles. The molecule has 11 heteroatoms. The molecular formula is C21H22F2N2O6S. The zero-order chi connectivity index (χ0) is 23.5. The van der Waals surface area contributed by atoms with E-state index >= 15 is 0 Å². The lowest BCUT2D eigenvalue weighted by Gasteiger charge is -2.34. The van der Waals surface area contributed by atoms with Gasteiger partial charge in [-0.05, 0) is 56.2 Å². The number of sulfonamides is 1. The molecular weight excluding hydrogens is 446 g/mol. The van der Waals surface area contributed by atoms with Gasteiger partial charge in [-0.25, -0.2) is 22.0 Å². The molecule has 2 N–H and O–H groups in total. The van der Waals surface area contributed by atoms with Crippen molar-refractivity contribution >= 4 is 33.3 Å². The zero-order valence-corrected chi connectivity index (χ0v) is 18.0. The molecule has 32 heavy (non-hydrogen) atoms. The Kier molecular flexibility index (Phi) is 6.97. The number of aromatic carboxylic acids is 1. The third-order valence-electron chi connectivity index (χ3n) is 5.06. The van der Waals surface area contributed by atoms with Crippen LogP contribution in [0.2, 0.25) is 0 Å². The van der Waals surface area contributed by atoms with Crippen LogP contribution in [-0.4, -0.2) is 45.2 Å². The maximum Gasteiger partial charge on any atom is 0.337 e. The average Bonchev–Trinajstić information content (AvgIpc) is 2.75. The highest BCUT2D eigenvalue weighted by atomic mass is 32.2. The van der Waals surface area contributed by atoms with Crippen LogP contribution < -0.4 is 9.62 Å². The highest BCUT2D eigenvalue weighted by Gasteiger charge is 2.29. The zero-order valence-electron chi connectivity index (χ0n) is 17.2. The number of benzene rings is 2. The van der Waals surface area contributed by atoms with Crippen molar-refractivity contribution in [3.63, 3.8) is 0 Å². The fourth-order valence-electron chi connectivity index (χ4n) is 3.55. The number of carboxylic acids is 1. The third-order valence-corrected chi connectivity index (χ3v) is 6.44. The molecule has 172 valence electrons. The van der Waals surface area contributed by atoms with E-state index in [9.17, 15) is 31.9 Å². The predicted octanol–water partition coefficient (Wildman–Crippen LogP) is 3.24. The molecule has 0 spiro atoms. The standard InChI is InChI=1S/C21H22F2N2O6S/c1-2-31-21(28)13-4-3-9-25(12-13)19-8-5-14(10-16(19)20(26)27)24-32(29,30)15-6-7-17(22)18(23)11-15/h5-8,10-11,13,24H,2-4,9,12H2,1H3,(H,26,27)/t13-/m1/s1. The largest absolute Gasteiger partial charge is 0.478 e. The molecule has 0 aliphatic carbocycles. The first-order valence-electron chi connectivity index (χ1n) is 9.89. The van der Waals surface area contributed by atoms with Gasteiger partial charge in [-0.1, -0.05) is 0 Å². The first-order valence-corrected chi connectivity index (χ1v) is 11.4. The highest BCUT2D eigenvalue weighted by molar-refractivity contribution is 7.92. The second kappa shape index (κ2) is 9.51. The lowest BCUT2D eigenvalue weighted by atomic mass is 9.97. The minimum Gasteiger partial charge on any atom is -0.478 e. The Balaban J connectivity index is 1.87. The average molecular weight is 468 g/mol. The number of hydrogen-bond acceptors (Lipinski definition) is 6. The van der Waals surface area contributed by atoms with Gasteiger partial charge in [0.2, 0.25) is 0 Å². The van der Waals surface area contributed by atoms with Crippen LogP contribution in [-0.2, 0) is 19.6 Å². The Hall–Kier alpha value is -3.21. The number of nitrogens with one attached hydrogen (secondary N) is 1. The van der Waals surface area contributed by atoms with Gasteiger partial charge in [0.05, 0.1) is 28.7 Å². The molecule has 3 rings (SSSR count). The Bertz CT molecular complexity index is 1140. The van der Waals surface area contributed by atoms with Crippen molar-refractivity contribution in [1.29, 1.82) is 0 Å². The van der Waals surface area contributed by atoms with Gasteiger partial charge in [0.1, 0.15) is 0 Å². The maximum atomic E-state index is 13.4. The Morgan fingerprint density at radius 1 is 1.19 bits per heavy atom. The molecule has 1 aliphatic heterocycles. The summed E-state index contributed by atoms with van der Waals surface area (Å²) in [7, 11) is -4.28. The minimum absolute atomic E-state index is 0.0603. The SMILES string of the molecule is CCOC(=O)[C@@H]1CCCN(c2ccc(NS(=O)(=O)c3ccc(F)c(F)c3)cc2C(=O)O)C1. The van der Waals surface area contributed by atoms with Crippen molar-refractivity contribution in [2.24, 2.45) is 5.92 Å². The number of esters is 1. The maximum absolute atomic E-state index is 13.4. The van der Waals surface area contributed by atoms with Gasteiger partial charge >= 0.3 is 11.9 Å². The van der Waals surface area contributed by atoms with Crippen LogP contribution in [0.1, 0.15) is 30.1 Å². The molecule has 0 radical (unpaired) electrons. The highest BCUT2D eigenvalue weighted by Crippen LogP contribution is 2.30. The smallest absolute Gasteiger partial charge is 0.337 e. The fraction of sp³-hybridized carbons (Fsp3) is 0.333. The van der Waals surface area contributed by atoms with E-state index in [1.807, 2.05) is 0 Å². The van der Waals surface area contributed by atoms with Crippen molar-refractivity contribution < 1.29 is 36.6 Å². The minimum atomic E-state index is -4.28. The van der Waals surface area contributed by atoms with Crippen molar-refractivity contribution in [1.82, 2.24) is 0 Å². The molecule has 1 aliphatic rings. The van der Waals surface area contributed by atoms with Crippen molar-refractivity contribution in [3.05, 3.63) is 53.6 Å². The van der Waals surface area contributed by atoms with E-state index in [2.05, 4.69) is 4.72 Å². The van der Waals surface area contributed by atoms with Crippen LogP contribution in [0.3, 0.4) is 0 Å². The van der Waals surface area contributed by atoms with Crippen LogP contribution in [0.15, 0.2) is 41.3 Å². The van der Waals surface area contributed by atoms with Gasteiger partial charge in [0.15, 0.2) is 11.6 Å². The van der Waals surface area contributed by atoms with E-state index in [4.69, 9.17) is 4.74 Å². The van der Waals surface area contributed by atoms with Crippen LogP contribution in [0.4, 0.5) is 20.2 Å². The van der Waals surface area contributed by atoms with E-state index in [1.165, 1.54) is 12.1 Å². The number of rotatable bonds is 7. The van der Waals surface area contributed by atoms with Crippen molar-refractivity contribution in [3.8, 4) is 0 Å². The summed E-state index contributed by atoms with van der Waals surface area (Å²) in [5, 5.41) is 9.68. The van der Waals surface area contributed by atoms with E-state index in [-0.39, 0.29) is 30.4 Å². The Labute approximate surface area is 183 Å². The number of halogens is 2. The molecule has 0 unspecified atom stereocenters. The summed E-state index contributed by atoms with van der Waals surface area (Å²) in [6.07, 6.45) is 1.29. The van der Waals surface area contributed by atoms with E-state index in [0.29, 0.717) is 37.2 Å². The summed E-state index contributed by atoms with van der Waals surface area (Å²) in [5.41, 5.74) is 0.108. The Morgan fingerprint density at radius 3 is 2.59 bits per heavy atom. The molecule has 0 amide bonds. The van der Waals surface area contributed by atoms with Gasteiger partial charge in [0.25, 0.3) is 10.0 Å². The fourth-order valence-corrected chi connectivity index (χ4v) is 4.61. The normalized spacial score (nSPS) is 16.5. The second-order valence-corrected chi connectivity index (χ2v) is 8.94. The van der Waals surface area contributed by atoms with E-state index < -0.39 is 38.4 Å². The molecule has 8 nitrogen and oxygen atoms in total. The van der Waals surface area contributed by atoms with Crippen molar-refractivity contribution in [2.45, 2.75) is 24.7 Å². The molecule has 0 bridgehead atoms. The quantitative estimate of drug-likeness (QED) is 0.600. The van der Waals surface area contributed by atoms with Gasteiger partial charge in [0, 0.05) is 18.8 Å². The predicted molar refractivity (Wildman–Crippen MR) is 112 cm³/mol. The topological polar surface area (TPSA) is 113 Å². The number of nitrogens with zero attached hydrogens (tertiary/aromatic N) is 1. The monoisotopic (exact) mass is 468 g/mol.